The van der Waals surface area contributed by atoms with E-state index in [2.05, 4.69) is 28.5 Å². The molecule has 1 fully saturated rings. The third-order valence-electron chi connectivity index (χ3n) is 4.73. The summed E-state index contributed by atoms with van der Waals surface area (Å²) in [4.78, 5) is 21.1. The van der Waals surface area contributed by atoms with Gasteiger partial charge in [-0.1, -0.05) is 18.2 Å². The lowest BCUT2D eigenvalue weighted by molar-refractivity contribution is 0.0790. The molecule has 0 saturated carbocycles. The first kappa shape index (κ1) is 16.2. The largest absolute Gasteiger partial charge is 0.337 e. The SMILES string of the molecule is CN(Cc1cccc2ncccc12)C(=O)c1ccc(C2CCCN2)s1. The lowest BCUT2D eigenvalue weighted by Gasteiger charge is -2.17. The van der Waals surface area contributed by atoms with Gasteiger partial charge in [0, 0.05) is 36.1 Å². The van der Waals surface area contributed by atoms with E-state index in [9.17, 15) is 4.79 Å². The van der Waals surface area contributed by atoms with E-state index in [0.717, 1.165) is 34.3 Å². The first-order valence-corrected chi connectivity index (χ1v) is 9.45. The van der Waals surface area contributed by atoms with Crippen LogP contribution in [0.1, 0.15) is 39.0 Å². The van der Waals surface area contributed by atoms with Gasteiger partial charge in [-0.25, -0.2) is 0 Å². The Morgan fingerprint density at radius 1 is 1.28 bits per heavy atom. The molecule has 3 aromatic rings. The average Bonchev–Trinajstić information content (AvgIpc) is 3.32. The summed E-state index contributed by atoms with van der Waals surface area (Å²) in [5.41, 5.74) is 2.09. The van der Waals surface area contributed by atoms with E-state index in [1.807, 2.05) is 31.3 Å². The van der Waals surface area contributed by atoms with Gasteiger partial charge < -0.3 is 10.2 Å². The summed E-state index contributed by atoms with van der Waals surface area (Å²) < 4.78 is 0. The highest BCUT2D eigenvalue weighted by Gasteiger charge is 2.21. The summed E-state index contributed by atoms with van der Waals surface area (Å²) in [7, 11) is 1.87. The van der Waals surface area contributed by atoms with Gasteiger partial charge in [-0.15, -0.1) is 11.3 Å². The predicted octanol–water partition coefficient (Wildman–Crippen LogP) is 3.99. The zero-order chi connectivity index (χ0) is 17.2. The molecule has 25 heavy (non-hydrogen) atoms. The molecule has 1 aromatic carbocycles. The molecular weight excluding hydrogens is 330 g/mol. The van der Waals surface area contributed by atoms with Crippen molar-refractivity contribution >= 4 is 28.1 Å². The van der Waals surface area contributed by atoms with Crippen molar-refractivity contribution in [3.05, 3.63) is 64.0 Å². The second kappa shape index (κ2) is 6.94. The number of amides is 1. The number of carbonyl (C=O) groups is 1. The normalized spacial score (nSPS) is 17.1. The van der Waals surface area contributed by atoms with Crippen LogP contribution in [0, 0.1) is 0 Å². The van der Waals surface area contributed by atoms with Gasteiger partial charge in [0.15, 0.2) is 0 Å². The lowest BCUT2D eigenvalue weighted by Crippen LogP contribution is -2.25. The lowest BCUT2D eigenvalue weighted by atomic mass is 10.1. The minimum atomic E-state index is 0.0788. The summed E-state index contributed by atoms with van der Waals surface area (Å²) in [5, 5.41) is 4.60. The maximum absolute atomic E-state index is 12.8. The van der Waals surface area contributed by atoms with Gasteiger partial charge >= 0.3 is 0 Å². The summed E-state index contributed by atoms with van der Waals surface area (Å²) >= 11 is 1.61. The third kappa shape index (κ3) is 3.30. The van der Waals surface area contributed by atoms with Crippen LogP contribution in [0.5, 0.6) is 0 Å². The fourth-order valence-electron chi connectivity index (χ4n) is 3.40. The van der Waals surface area contributed by atoms with E-state index >= 15 is 0 Å². The maximum atomic E-state index is 12.8. The van der Waals surface area contributed by atoms with Gasteiger partial charge in [-0.05, 0) is 49.2 Å². The van der Waals surface area contributed by atoms with E-state index < -0.39 is 0 Å². The van der Waals surface area contributed by atoms with Crippen LogP contribution in [-0.2, 0) is 6.54 Å². The number of hydrogen-bond acceptors (Lipinski definition) is 4. The Kier molecular flexibility index (Phi) is 4.51. The van der Waals surface area contributed by atoms with Gasteiger partial charge in [0.05, 0.1) is 10.4 Å². The Hall–Kier alpha value is -2.24. The highest BCUT2D eigenvalue weighted by Crippen LogP contribution is 2.30. The molecule has 1 amide bonds. The first-order valence-electron chi connectivity index (χ1n) is 8.63. The number of fused-ring (bicyclic) bond motifs is 1. The number of rotatable bonds is 4. The van der Waals surface area contributed by atoms with E-state index in [0.29, 0.717) is 12.6 Å². The zero-order valence-corrected chi connectivity index (χ0v) is 15.1. The Balaban J connectivity index is 1.52. The molecule has 0 radical (unpaired) electrons. The van der Waals surface area contributed by atoms with Gasteiger partial charge in [0.1, 0.15) is 0 Å². The fourth-order valence-corrected chi connectivity index (χ4v) is 4.52. The summed E-state index contributed by atoms with van der Waals surface area (Å²) in [6.45, 7) is 1.65. The molecular formula is C20H21N3OS. The van der Waals surface area contributed by atoms with E-state index in [1.54, 1.807) is 22.4 Å². The molecule has 4 rings (SSSR count). The molecule has 5 heteroatoms. The molecule has 3 heterocycles. The molecule has 1 saturated heterocycles. The number of pyridine rings is 1. The Labute approximate surface area is 151 Å². The van der Waals surface area contributed by atoms with Crippen molar-refractivity contribution in [2.75, 3.05) is 13.6 Å². The Morgan fingerprint density at radius 3 is 3.04 bits per heavy atom. The Bertz CT molecular complexity index is 893. The Morgan fingerprint density at radius 2 is 2.20 bits per heavy atom. The van der Waals surface area contributed by atoms with Crippen LogP contribution in [0.25, 0.3) is 10.9 Å². The number of benzene rings is 1. The van der Waals surface area contributed by atoms with Crippen LogP contribution < -0.4 is 5.32 Å². The van der Waals surface area contributed by atoms with Crippen LogP contribution in [0.3, 0.4) is 0 Å². The first-order chi connectivity index (χ1) is 12.2. The molecule has 2 aromatic heterocycles. The van der Waals surface area contributed by atoms with Gasteiger partial charge in [-0.3, -0.25) is 9.78 Å². The van der Waals surface area contributed by atoms with Crippen molar-refractivity contribution in [2.24, 2.45) is 0 Å². The van der Waals surface area contributed by atoms with Crippen molar-refractivity contribution in [1.29, 1.82) is 0 Å². The molecule has 0 bridgehead atoms. The second-order valence-corrected chi connectivity index (χ2v) is 7.61. The molecule has 4 nitrogen and oxygen atoms in total. The quantitative estimate of drug-likeness (QED) is 0.773. The summed E-state index contributed by atoms with van der Waals surface area (Å²) in [5.74, 6) is 0.0788. The van der Waals surface area contributed by atoms with E-state index in [4.69, 9.17) is 0 Å². The minimum absolute atomic E-state index is 0.0788. The van der Waals surface area contributed by atoms with Crippen LogP contribution in [0.15, 0.2) is 48.7 Å². The maximum Gasteiger partial charge on any atom is 0.263 e. The van der Waals surface area contributed by atoms with Crippen LogP contribution in [0.4, 0.5) is 0 Å². The highest BCUT2D eigenvalue weighted by molar-refractivity contribution is 7.14. The van der Waals surface area contributed by atoms with E-state index in [-0.39, 0.29) is 5.91 Å². The number of nitrogens with zero attached hydrogens (tertiary/aromatic N) is 2. The molecule has 1 N–H and O–H groups in total. The van der Waals surface area contributed by atoms with Crippen molar-refractivity contribution in [3.63, 3.8) is 0 Å². The topological polar surface area (TPSA) is 45.2 Å². The fraction of sp³-hybridized carbons (Fsp3) is 0.300. The van der Waals surface area contributed by atoms with Crippen LogP contribution in [-0.4, -0.2) is 29.4 Å². The zero-order valence-electron chi connectivity index (χ0n) is 14.2. The predicted molar refractivity (Wildman–Crippen MR) is 102 cm³/mol. The van der Waals surface area contributed by atoms with Crippen molar-refractivity contribution in [1.82, 2.24) is 15.2 Å². The van der Waals surface area contributed by atoms with Gasteiger partial charge in [0.25, 0.3) is 5.91 Å². The van der Waals surface area contributed by atoms with Crippen LogP contribution in [0.2, 0.25) is 0 Å². The van der Waals surface area contributed by atoms with Gasteiger partial charge in [0.2, 0.25) is 0 Å². The summed E-state index contributed by atoms with van der Waals surface area (Å²) in [6.07, 6.45) is 4.17. The van der Waals surface area contributed by atoms with Crippen molar-refractivity contribution in [3.8, 4) is 0 Å². The van der Waals surface area contributed by atoms with Crippen molar-refractivity contribution in [2.45, 2.75) is 25.4 Å². The number of hydrogen-bond donors (Lipinski definition) is 1. The molecule has 0 aliphatic carbocycles. The average molecular weight is 351 g/mol. The molecule has 0 spiro atoms. The van der Waals surface area contributed by atoms with Gasteiger partial charge in [-0.2, -0.15) is 0 Å². The van der Waals surface area contributed by atoms with E-state index in [1.165, 1.54) is 11.3 Å². The third-order valence-corrected chi connectivity index (χ3v) is 5.92. The molecule has 1 unspecified atom stereocenters. The standard InChI is InChI=1S/C20H21N3OS/c1-23(13-14-5-2-7-16-15(14)6-3-11-21-16)20(24)19-10-9-18(25-19)17-8-4-12-22-17/h2-3,5-7,9-11,17,22H,4,8,12-13H2,1H3. The minimum Gasteiger partial charge on any atom is -0.337 e. The second-order valence-electron chi connectivity index (χ2n) is 6.50. The summed E-state index contributed by atoms with van der Waals surface area (Å²) in [6, 6.07) is 14.5. The van der Waals surface area contributed by atoms with Crippen molar-refractivity contribution < 1.29 is 4.79 Å². The molecule has 1 aliphatic heterocycles. The molecule has 1 aliphatic rings. The molecule has 1 atom stereocenters. The smallest absolute Gasteiger partial charge is 0.263 e. The number of aromatic nitrogens is 1. The number of nitrogens with one attached hydrogen (secondary N) is 1. The molecule has 128 valence electrons. The number of carbonyl (C=O) groups excluding carboxylic acids is 1. The monoisotopic (exact) mass is 351 g/mol. The van der Waals surface area contributed by atoms with Crippen LogP contribution >= 0.6 is 11.3 Å². The highest BCUT2D eigenvalue weighted by atomic mass is 32.1. The number of thiophene rings is 1.